The summed E-state index contributed by atoms with van der Waals surface area (Å²) >= 11 is 0. The van der Waals surface area contributed by atoms with Crippen LogP contribution in [0.15, 0.2) is 0 Å². The van der Waals surface area contributed by atoms with Crippen LogP contribution in [0.3, 0.4) is 0 Å². The molecule has 8 heteroatoms. The minimum atomic E-state index is 0.0753. The normalized spacial score (nSPS) is 18.1. The number of rotatable bonds is 9. The van der Waals surface area contributed by atoms with Gasteiger partial charge in [0.25, 0.3) is 0 Å². The van der Waals surface area contributed by atoms with E-state index in [4.69, 9.17) is 5.73 Å². The summed E-state index contributed by atoms with van der Waals surface area (Å²) in [5, 5.41) is 3.22. The topological polar surface area (TPSA) is 90.6 Å². The van der Waals surface area contributed by atoms with E-state index in [0.29, 0.717) is 36.6 Å². The molecular formula is C20H35N7O. The lowest BCUT2D eigenvalue weighted by atomic mass is 10.2. The Balaban J connectivity index is 1.55. The second-order valence-electron chi connectivity index (χ2n) is 8.06. The van der Waals surface area contributed by atoms with Crippen molar-refractivity contribution in [2.75, 3.05) is 61.8 Å². The largest absolute Gasteiger partial charge is 0.383 e. The zero-order valence-electron chi connectivity index (χ0n) is 17.6. The number of amides is 1. The molecule has 1 fully saturated rings. The van der Waals surface area contributed by atoms with Crippen molar-refractivity contribution in [1.29, 1.82) is 0 Å². The quantitative estimate of drug-likeness (QED) is 0.620. The summed E-state index contributed by atoms with van der Waals surface area (Å²) in [7, 11) is 0. The highest BCUT2D eigenvalue weighted by atomic mass is 16.2. The van der Waals surface area contributed by atoms with Crippen molar-refractivity contribution < 1.29 is 4.79 Å². The van der Waals surface area contributed by atoms with E-state index in [0.717, 1.165) is 64.1 Å². The van der Waals surface area contributed by atoms with E-state index in [9.17, 15) is 4.79 Å². The molecule has 1 aromatic heterocycles. The molecule has 1 amide bonds. The Morgan fingerprint density at radius 3 is 2.54 bits per heavy atom. The van der Waals surface area contributed by atoms with E-state index in [2.05, 4.69) is 45.9 Å². The first-order chi connectivity index (χ1) is 13.5. The van der Waals surface area contributed by atoms with E-state index < -0.39 is 0 Å². The Morgan fingerprint density at radius 1 is 1.11 bits per heavy atom. The number of carbonyl (C=O) groups excluding carboxylic acids is 1. The maximum absolute atomic E-state index is 12.5. The number of aromatic nitrogens is 2. The van der Waals surface area contributed by atoms with E-state index >= 15 is 0 Å². The average Bonchev–Trinajstić information content (AvgIpc) is 2.99. The van der Waals surface area contributed by atoms with Crippen molar-refractivity contribution in [2.45, 2.75) is 52.5 Å². The van der Waals surface area contributed by atoms with Crippen LogP contribution in [0.2, 0.25) is 0 Å². The zero-order chi connectivity index (χ0) is 20.1. The van der Waals surface area contributed by atoms with Gasteiger partial charge in [-0.15, -0.1) is 0 Å². The van der Waals surface area contributed by atoms with Crippen LogP contribution in [-0.4, -0.2) is 77.5 Å². The Morgan fingerprint density at radius 2 is 1.86 bits per heavy atom. The highest BCUT2D eigenvalue weighted by molar-refractivity contribution is 6.01. The molecule has 0 spiro atoms. The first kappa shape index (κ1) is 20.8. The molecule has 3 rings (SSSR count). The number of unbranched alkanes of at least 4 members (excludes halogenated alkanes) is 1. The standard InChI is InChI=1S/C20H35N7O/c1-4-5-7-22-20-23-18(21)16-14-17(28)27(19(16)24-20)9-6-8-25-10-12-26(13-11-25)15(2)3/h15H,4-14H2,1-3H3,(H3,21,22,23,24). The predicted molar refractivity (Wildman–Crippen MR) is 114 cm³/mol. The van der Waals surface area contributed by atoms with Gasteiger partial charge in [0.1, 0.15) is 11.6 Å². The van der Waals surface area contributed by atoms with E-state index in [1.54, 1.807) is 4.90 Å². The Hall–Kier alpha value is -1.93. The van der Waals surface area contributed by atoms with Gasteiger partial charge < -0.3 is 16.0 Å². The SMILES string of the molecule is CCCCNc1nc(N)c2c(n1)N(CCCN1CCN(C(C)C)CC1)C(=O)C2. The number of hydrogen-bond acceptors (Lipinski definition) is 7. The zero-order valence-corrected chi connectivity index (χ0v) is 17.6. The summed E-state index contributed by atoms with van der Waals surface area (Å²) in [6, 6.07) is 0.617. The average molecular weight is 390 g/mol. The van der Waals surface area contributed by atoms with E-state index in [-0.39, 0.29) is 5.91 Å². The third kappa shape index (κ3) is 4.91. The number of nitrogens with one attached hydrogen (secondary N) is 1. The number of nitrogens with two attached hydrogens (primary N) is 1. The number of nitrogen functional groups attached to an aromatic ring is 1. The van der Waals surface area contributed by atoms with Gasteiger partial charge >= 0.3 is 0 Å². The Labute approximate surface area is 168 Å². The molecule has 0 unspecified atom stereocenters. The molecule has 3 heterocycles. The Bertz CT molecular complexity index is 671. The second kappa shape index (κ2) is 9.52. The number of hydrogen-bond donors (Lipinski definition) is 2. The first-order valence-electron chi connectivity index (χ1n) is 10.7. The fourth-order valence-corrected chi connectivity index (χ4v) is 3.89. The van der Waals surface area contributed by atoms with Crippen molar-refractivity contribution in [2.24, 2.45) is 0 Å². The molecule has 0 atom stereocenters. The van der Waals surface area contributed by atoms with Crippen LogP contribution in [0.4, 0.5) is 17.6 Å². The second-order valence-corrected chi connectivity index (χ2v) is 8.06. The van der Waals surface area contributed by atoms with Crippen LogP contribution < -0.4 is 16.0 Å². The molecule has 3 N–H and O–H groups in total. The van der Waals surface area contributed by atoms with Gasteiger partial charge in [-0.05, 0) is 33.2 Å². The van der Waals surface area contributed by atoms with Gasteiger partial charge in [0.2, 0.25) is 11.9 Å². The summed E-state index contributed by atoms with van der Waals surface area (Å²) in [5.41, 5.74) is 6.88. The van der Waals surface area contributed by atoms with Crippen molar-refractivity contribution in [3.05, 3.63) is 5.56 Å². The van der Waals surface area contributed by atoms with Crippen LogP contribution in [-0.2, 0) is 11.2 Å². The summed E-state index contributed by atoms with van der Waals surface area (Å²) in [5.74, 6) is 1.71. The van der Waals surface area contributed by atoms with Crippen molar-refractivity contribution in [3.8, 4) is 0 Å². The third-order valence-electron chi connectivity index (χ3n) is 5.71. The highest BCUT2D eigenvalue weighted by Gasteiger charge is 2.31. The van der Waals surface area contributed by atoms with Crippen molar-refractivity contribution in [1.82, 2.24) is 19.8 Å². The molecule has 2 aliphatic heterocycles. The van der Waals surface area contributed by atoms with Gasteiger partial charge in [-0.2, -0.15) is 9.97 Å². The van der Waals surface area contributed by atoms with Crippen LogP contribution in [0.1, 0.15) is 45.6 Å². The smallest absolute Gasteiger partial charge is 0.232 e. The minimum absolute atomic E-state index is 0.0753. The molecule has 28 heavy (non-hydrogen) atoms. The number of nitrogens with zero attached hydrogens (tertiary/aromatic N) is 5. The lowest BCUT2D eigenvalue weighted by Crippen LogP contribution is -2.49. The highest BCUT2D eigenvalue weighted by Crippen LogP contribution is 2.31. The molecule has 1 aromatic rings. The van der Waals surface area contributed by atoms with E-state index in [1.165, 1.54) is 0 Å². The molecule has 8 nitrogen and oxygen atoms in total. The van der Waals surface area contributed by atoms with Crippen LogP contribution >= 0.6 is 0 Å². The summed E-state index contributed by atoms with van der Waals surface area (Å²) < 4.78 is 0. The van der Waals surface area contributed by atoms with Crippen LogP contribution in [0.25, 0.3) is 0 Å². The number of piperazine rings is 1. The molecule has 0 bridgehead atoms. The Kier molecular flexibility index (Phi) is 7.07. The van der Waals surface area contributed by atoms with Gasteiger partial charge in [-0.25, -0.2) is 0 Å². The maximum Gasteiger partial charge on any atom is 0.232 e. The number of carbonyl (C=O) groups is 1. The minimum Gasteiger partial charge on any atom is -0.383 e. The molecular weight excluding hydrogens is 354 g/mol. The summed E-state index contributed by atoms with van der Waals surface area (Å²) in [4.78, 5) is 28.2. The molecule has 2 aliphatic rings. The molecule has 0 saturated carbocycles. The monoisotopic (exact) mass is 389 g/mol. The first-order valence-corrected chi connectivity index (χ1v) is 10.7. The molecule has 0 aliphatic carbocycles. The van der Waals surface area contributed by atoms with Gasteiger partial charge in [-0.1, -0.05) is 13.3 Å². The van der Waals surface area contributed by atoms with Crippen LogP contribution in [0.5, 0.6) is 0 Å². The van der Waals surface area contributed by atoms with Gasteiger partial charge in [0.15, 0.2) is 0 Å². The third-order valence-corrected chi connectivity index (χ3v) is 5.71. The molecule has 0 radical (unpaired) electrons. The van der Waals surface area contributed by atoms with Crippen molar-refractivity contribution in [3.63, 3.8) is 0 Å². The predicted octanol–water partition coefficient (Wildman–Crippen LogP) is 1.58. The molecule has 156 valence electrons. The summed E-state index contributed by atoms with van der Waals surface area (Å²) in [6.45, 7) is 13.6. The lowest BCUT2D eigenvalue weighted by Gasteiger charge is -2.37. The van der Waals surface area contributed by atoms with Crippen LogP contribution in [0, 0.1) is 0 Å². The number of anilines is 3. The summed E-state index contributed by atoms with van der Waals surface area (Å²) in [6.07, 6.45) is 3.40. The maximum atomic E-state index is 12.5. The van der Waals surface area contributed by atoms with Gasteiger partial charge in [0.05, 0.1) is 6.42 Å². The van der Waals surface area contributed by atoms with E-state index in [1.807, 2.05) is 0 Å². The van der Waals surface area contributed by atoms with Gasteiger partial charge in [0, 0.05) is 50.9 Å². The molecule has 0 aromatic carbocycles. The number of fused-ring (bicyclic) bond motifs is 1. The fourth-order valence-electron chi connectivity index (χ4n) is 3.89. The fraction of sp³-hybridized carbons (Fsp3) is 0.750. The lowest BCUT2D eigenvalue weighted by molar-refractivity contribution is -0.117. The van der Waals surface area contributed by atoms with Crippen molar-refractivity contribution >= 4 is 23.5 Å². The molecule has 1 saturated heterocycles. The van der Waals surface area contributed by atoms with Gasteiger partial charge in [-0.3, -0.25) is 14.6 Å².